The number of hydrogen-bond acceptors (Lipinski definition) is 3. The van der Waals surface area contributed by atoms with Crippen LogP contribution in [0.3, 0.4) is 0 Å². The number of rotatable bonds is 2. The van der Waals surface area contributed by atoms with Crippen LogP contribution in [0.1, 0.15) is 25.8 Å². The van der Waals surface area contributed by atoms with Crippen LogP contribution in [0.2, 0.25) is 0 Å². The van der Waals surface area contributed by atoms with Crippen LogP contribution >= 0.6 is 11.8 Å². The number of benzene rings is 1. The molecule has 1 saturated heterocycles. The van der Waals surface area contributed by atoms with E-state index in [1.807, 2.05) is 17.8 Å². The molecule has 1 heterocycles. The van der Waals surface area contributed by atoms with Crippen LogP contribution in [-0.4, -0.2) is 17.5 Å². The van der Waals surface area contributed by atoms with Crippen LogP contribution in [0, 0.1) is 22.6 Å². The van der Waals surface area contributed by atoms with Gasteiger partial charge in [0.1, 0.15) is 17.4 Å². The Morgan fingerprint density at radius 2 is 2.28 bits per heavy atom. The number of nitrogens with one attached hydrogen (secondary N) is 1. The van der Waals surface area contributed by atoms with Crippen LogP contribution in [0.25, 0.3) is 0 Å². The summed E-state index contributed by atoms with van der Waals surface area (Å²) in [5.41, 5.74) is 1.02. The van der Waals surface area contributed by atoms with Crippen molar-refractivity contribution in [2.45, 2.75) is 26.3 Å². The number of nitrogens with zero attached hydrogens (tertiary/aromatic N) is 1. The van der Waals surface area contributed by atoms with E-state index in [2.05, 4.69) is 19.2 Å². The summed E-state index contributed by atoms with van der Waals surface area (Å²) in [5, 5.41) is 12.3. The maximum Gasteiger partial charge on any atom is 0.143 e. The third-order valence-electron chi connectivity index (χ3n) is 3.10. The summed E-state index contributed by atoms with van der Waals surface area (Å²) in [6.07, 6.45) is 1.04. The van der Waals surface area contributed by atoms with Gasteiger partial charge in [-0.3, -0.25) is 0 Å². The second kappa shape index (κ2) is 5.19. The molecule has 1 fully saturated rings. The van der Waals surface area contributed by atoms with Gasteiger partial charge in [0.25, 0.3) is 0 Å². The minimum atomic E-state index is -0.453. The molecule has 0 aromatic heterocycles. The highest BCUT2D eigenvalue weighted by atomic mass is 32.2. The molecule has 1 unspecified atom stereocenters. The van der Waals surface area contributed by atoms with E-state index in [9.17, 15) is 4.39 Å². The van der Waals surface area contributed by atoms with E-state index in [-0.39, 0.29) is 5.56 Å². The molecule has 0 aliphatic carbocycles. The van der Waals surface area contributed by atoms with Crippen molar-refractivity contribution in [3.05, 3.63) is 29.6 Å². The molecule has 0 amide bonds. The van der Waals surface area contributed by atoms with Gasteiger partial charge in [-0.1, -0.05) is 19.9 Å². The molecule has 4 heteroatoms. The molecule has 1 aliphatic rings. The van der Waals surface area contributed by atoms with E-state index in [1.165, 1.54) is 6.07 Å². The smallest absolute Gasteiger partial charge is 0.143 e. The summed E-state index contributed by atoms with van der Waals surface area (Å²) in [4.78, 5) is 0. The Hall–Kier alpha value is -1.21. The van der Waals surface area contributed by atoms with Crippen molar-refractivity contribution in [1.29, 1.82) is 5.26 Å². The lowest BCUT2D eigenvalue weighted by Crippen LogP contribution is -2.35. The summed E-state index contributed by atoms with van der Waals surface area (Å²) < 4.78 is 13.5. The Kier molecular flexibility index (Phi) is 3.82. The van der Waals surface area contributed by atoms with E-state index >= 15 is 0 Å². The van der Waals surface area contributed by atoms with Crippen LogP contribution in [0.4, 0.5) is 10.1 Å². The number of hydrogen-bond donors (Lipinski definition) is 1. The van der Waals surface area contributed by atoms with E-state index in [4.69, 9.17) is 5.26 Å². The largest absolute Gasteiger partial charge is 0.380 e. The lowest BCUT2D eigenvalue weighted by Gasteiger charge is -2.35. The van der Waals surface area contributed by atoms with Crippen molar-refractivity contribution >= 4 is 17.4 Å². The van der Waals surface area contributed by atoms with E-state index in [0.717, 1.165) is 17.9 Å². The topological polar surface area (TPSA) is 35.8 Å². The zero-order chi connectivity index (χ0) is 13.2. The third-order valence-corrected chi connectivity index (χ3v) is 4.72. The second-order valence-electron chi connectivity index (χ2n) is 5.50. The fraction of sp³-hybridized carbons (Fsp3) is 0.500. The van der Waals surface area contributed by atoms with Crippen molar-refractivity contribution in [3.8, 4) is 6.07 Å². The maximum absolute atomic E-state index is 13.5. The standard InChI is InChI=1S/C14H17FN2S/c1-14(2)6-10(8-18-9-14)17-13-5-3-4-12(15)11(13)7-16/h3-5,10,17H,6,8-9H2,1-2H3. The summed E-state index contributed by atoms with van der Waals surface area (Å²) in [6, 6.07) is 6.96. The molecule has 2 rings (SSSR count). The van der Waals surface area contributed by atoms with E-state index in [1.54, 1.807) is 12.1 Å². The normalized spacial score (nSPS) is 22.2. The van der Waals surface area contributed by atoms with Crippen LogP contribution < -0.4 is 5.32 Å². The minimum absolute atomic E-state index is 0.117. The molecule has 1 N–H and O–H groups in total. The Labute approximate surface area is 112 Å². The molecule has 96 valence electrons. The minimum Gasteiger partial charge on any atom is -0.380 e. The molecule has 2 nitrogen and oxygen atoms in total. The SMILES string of the molecule is CC1(C)CSCC(Nc2cccc(F)c2C#N)C1. The van der Waals surface area contributed by atoms with Gasteiger partial charge in [0, 0.05) is 11.8 Å². The predicted molar refractivity (Wildman–Crippen MR) is 74.2 cm³/mol. The van der Waals surface area contributed by atoms with Gasteiger partial charge in [0.2, 0.25) is 0 Å². The van der Waals surface area contributed by atoms with Crippen molar-refractivity contribution < 1.29 is 4.39 Å². The summed E-state index contributed by atoms with van der Waals surface area (Å²) >= 11 is 1.91. The maximum atomic E-state index is 13.5. The highest BCUT2D eigenvalue weighted by Gasteiger charge is 2.28. The molecular formula is C14H17FN2S. The summed E-state index contributed by atoms with van der Waals surface area (Å²) in [5.74, 6) is 1.70. The van der Waals surface area contributed by atoms with Crippen molar-refractivity contribution in [3.63, 3.8) is 0 Å². The first-order chi connectivity index (χ1) is 8.52. The molecular weight excluding hydrogens is 247 g/mol. The molecule has 0 radical (unpaired) electrons. The van der Waals surface area contributed by atoms with Gasteiger partial charge >= 0.3 is 0 Å². The van der Waals surface area contributed by atoms with Gasteiger partial charge in [-0.25, -0.2) is 4.39 Å². The first-order valence-electron chi connectivity index (χ1n) is 6.05. The first kappa shape index (κ1) is 13.2. The molecule has 1 aromatic rings. The molecule has 0 bridgehead atoms. The average Bonchev–Trinajstić information content (AvgIpc) is 2.28. The van der Waals surface area contributed by atoms with Gasteiger partial charge in [0.15, 0.2) is 0 Å². The quantitative estimate of drug-likeness (QED) is 0.885. The van der Waals surface area contributed by atoms with E-state index in [0.29, 0.717) is 17.1 Å². The number of halogens is 1. The zero-order valence-electron chi connectivity index (χ0n) is 10.7. The number of nitriles is 1. The summed E-state index contributed by atoms with van der Waals surface area (Å²) in [6.45, 7) is 4.48. The number of thioether (sulfide) groups is 1. The van der Waals surface area contributed by atoms with E-state index < -0.39 is 5.82 Å². The molecule has 18 heavy (non-hydrogen) atoms. The Morgan fingerprint density at radius 1 is 1.50 bits per heavy atom. The van der Waals surface area contributed by atoms with Gasteiger partial charge in [0.05, 0.1) is 5.69 Å². The van der Waals surface area contributed by atoms with Crippen molar-refractivity contribution in [2.24, 2.45) is 5.41 Å². The zero-order valence-corrected chi connectivity index (χ0v) is 11.5. The Balaban J connectivity index is 2.15. The monoisotopic (exact) mass is 264 g/mol. The first-order valence-corrected chi connectivity index (χ1v) is 7.20. The lowest BCUT2D eigenvalue weighted by atomic mass is 9.87. The summed E-state index contributed by atoms with van der Waals surface area (Å²) in [7, 11) is 0. The predicted octanol–water partition coefficient (Wildman–Crippen LogP) is 3.64. The van der Waals surface area contributed by atoms with Crippen molar-refractivity contribution in [1.82, 2.24) is 0 Å². The molecule has 1 aliphatic heterocycles. The van der Waals surface area contributed by atoms with Gasteiger partial charge < -0.3 is 5.32 Å². The van der Waals surface area contributed by atoms with Gasteiger partial charge in [-0.05, 0) is 29.7 Å². The lowest BCUT2D eigenvalue weighted by molar-refractivity contribution is 0.358. The molecule has 1 aromatic carbocycles. The number of anilines is 1. The fourth-order valence-corrected chi connectivity index (χ4v) is 3.61. The van der Waals surface area contributed by atoms with Crippen LogP contribution in [0.5, 0.6) is 0 Å². The average molecular weight is 264 g/mol. The molecule has 1 atom stereocenters. The second-order valence-corrected chi connectivity index (χ2v) is 6.53. The third kappa shape index (κ3) is 2.97. The Bertz CT molecular complexity index is 479. The van der Waals surface area contributed by atoms with Gasteiger partial charge in [-0.2, -0.15) is 17.0 Å². The molecule has 0 saturated carbocycles. The molecule has 0 spiro atoms. The van der Waals surface area contributed by atoms with Crippen molar-refractivity contribution in [2.75, 3.05) is 16.8 Å². The Morgan fingerprint density at radius 3 is 2.94 bits per heavy atom. The van der Waals surface area contributed by atoms with Crippen LogP contribution in [-0.2, 0) is 0 Å². The van der Waals surface area contributed by atoms with Crippen LogP contribution in [0.15, 0.2) is 18.2 Å². The highest BCUT2D eigenvalue weighted by molar-refractivity contribution is 7.99. The highest BCUT2D eigenvalue weighted by Crippen LogP contribution is 2.35. The van der Waals surface area contributed by atoms with Gasteiger partial charge in [-0.15, -0.1) is 0 Å². The fourth-order valence-electron chi connectivity index (χ4n) is 2.33.